The van der Waals surface area contributed by atoms with E-state index < -0.39 is 0 Å². The summed E-state index contributed by atoms with van der Waals surface area (Å²) < 4.78 is 0. The molecule has 0 spiro atoms. The Morgan fingerprint density at radius 2 is 1.79 bits per heavy atom. The summed E-state index contributed by atoms with van der Waals surface area (Å²) in [6.45, 7) is 4.99. The second-order valence-corrected chi connectivity index (χ2v) is 4.57. The van der Waals surface area contributed by atoms with Gasteiger partial charge in [-0.3, -0.25) is 4.90 Å². The molecule has 0 saturated heterocycles. The van der Waals surface area contributed by atoms with Gasteiger partial charge in [0.05, 0.1) is 12.6 Å². The summed E-state index contributed by atoms with van der Waals surface area (Å²) in [5, 5.41) is 8.79. The largest absolute Gasteiger partial charge is 0.285 e. The minimum atomic E-state index is 0.512. The number of nitriles is 1. The van der Waals surface area contributed by atoms with Crippen LogP contribution in [0.4, 0.5) is 0 Å². The number of rotatable bonds is 3. The highest BCUT2D eigenvalue weighted by molar-refractivity contribution is 4.84. The molecule has 0 aromatic carbocycles. The average Bonchev–Trinajstić information content (AvgIpc) is 2.41. The third kappa shape index (κ3) is 3.31. The van der Waals surface area contributed by atoms with Crippen molar-refractivity contribution in [2.24, 2.45) is 0 Å². The van der Waals surface area contributed by atoms with Crippen molar-refractivity contribution < 1.29 is 0 Å². The molecule has 0 aromatic rings. The van der Waals surface area contributed by atoms with Crippen LogP contribution in [0.3, 0.4) is 0 Å². The second kappa shape index (κ2) is 6.03. The molecule has 0 amide bonds. The van der Waals surface area contributed by atoms with E-state index in [1.807, 2.05) is 0 Å². The molecule has 0 heterocycles. The van der Waals surface area contributed by atoms with Crippen LogP contribution in [0.2, 0.25) is 0 Å². The second-order valence-electron chi connectivity index (χ2n) is 4.57. The van der Waals surface area contributed by atoms with Crippen molar-refractivity contribution in [3.63, 3.8) is 0 Å². The van der Waals surface area contributed by atoms with Crippen molar-refractivity contribution in [2.75, 3.05) is 6.54 Å². The van der Waals surface area contributed by atoms with Crippen LogP contribution < -0.4 is 0 Å². The summed E-state index contributed by atoms with van der Waals surface area (Å²) in [4.78, 5) is 2.37. The van der Waals surface area contributed by atoms with Gasteiger partial charge in [-0.2, -0.15) is 5.26 Å². The lowest BCUT2D eigenvalue weighted by atomic mass is 10.1. The molecule has 2 nitrogen and oxygen atoms in total. The van der Waals surface area contributed by atoms with Gasteiger partial charge in [-0.05, 0) is 26.7 Å². The Bertz CT molecular complexity index is 185. The first kappa shape index (κ1) is 11.5. The molecule has 2 heteroatoms. The van der Waals surface area contributed by atoms with Crippen LogP contribution in [-0.4, -0.2) is 23.5 Å². The summed E-state index contributed by atoms with van der Waals surface area (Å²) in [5.74, 6) is 0. The van der Waals surface area contributed by atoms with Gasteiger partial charge in [0.25, 0.3) is 0 Å². The highest BCUT2D eigenvalue weighted by atomic mass is 15.2. The van der Waals surface area contributed by atoms with E-state index in [1.165, 1.54) is 38.5 Å². The minimum Gasteiger partial charge on any atom is -0.285 e. The Kier molecular flexibility index (Phi) is 4.97. The number of hydrogen-bond donors (Lipinski definition) is 0. The minimum absolute atomic E-state index is 0.512. The van der Waals surface area contributed by atoms with Crippen molar-refractivity contribution in [1.29, 1.82) is 5.26 Å². The van der Waals surface area contributed by atoms with Crippen LogP contribution in [-0.2, 0) is 0 Å². The molecular weight excluding hydrogens is 172 g/mol. The summed E-state index contributed by atoms with van der Waals surface area (Å²) in [6.07, 6.45) is 8.04. The monoisotopic (exact) mass is 194 g/mol. The van der Waals surface area contributed by atoms with Crippen LogP contribution in [0.1, 0.15) is 52.4 Å². The molecule has 0 aliphatic heterocycles. The molecule has 1 saturated carbocycles. The van der Waals surface area contributed by atoms with Gasteiger partial charge < -0.3 is 0 Å². The summed E-state index contributed by atoms with van der Waals surface area (Å²) in [5.41, 5.74) is 0. The molecule has 1 fully saturated rings. The van der Waals surface area contributed by atoms with Gasteiger partial charge in [-0.25, -0.2) is 0 Å². The first-order valence-electron chi connectivity index (χ1n) is 5.88. The van der Waals surface area contributed by atoms with Gasteiger partial charge in [0, 0.05) is 12.1 Å². The smallest absolute Gasteiger partial charge is 0.0870 e. The summed E-state index contributed by atoms with van der Waals surface area (Å²) in [7, 11) is 0. The summed E-state index contributed by atoms with van der Waals surface area (Å²) >= 11 is 0. The van der Waals surface area contributed by atoms with Gasteiger partial charge in [-0.1, -0.05) is 25.7 Å². The quantitative estimate of drug-likeness (QED) is 0.510. The van der Waals surface area contributed by atoms with Crippen molar-refractivity contribution >= 4 is 0 Å². The van der Waals surface area contributed by atoms with E-state index >= 15 is 0 Å². The maximum atomic E-state index is 8.79. The molecule has 80 valence electrons. The van der Waals surface area contributed by atoms with E-state index in [0.29, 0.717) is 18.6 Å². The lowest BCUT2D eigenvalue weighted by Crippen LogP contribution is -2.40. The van der Waals surface area contributed by atoms with Crippen LogP contribution in [0.25, 0.3) is 0 Å². The zero-order valence-electron chi connectivity index (χ0n) is 9.50. The lowest BCUT2D eigenvalue weighted by molar-refractivity contribution is 0.159. The predicted molar refractivity (Wildman–Crippen MR) is 58.9 cm³/mol. The van der Waals surface area contributed by atoms with E-state index in [9.17, 15) is 0 Å². The van der Waals surface area contributed by atoms with Gasteiger partial charge in [0.15, 0.2) is 0 Å². The van der Waals surface area contributed by atoms with Gasteiger partial charge in [0.2, 0.25) is 0 Å². The molecule has 0 N–H and O–H groups in total. The van der Waals surface area contributed by atoms with Gasteiger partial charge >= 0.3 is 0 Å². The molecule has 0 bridgehead atoms. The number of nitrogens with zero attached hydrogens (tertiary/aromatic N) is 2. The maximum Gasteiger partial charge on any atom is 0.0870 e. The molecule has 0 aromatic heterocycles. The molecule has 0 atom stereocenters. The fourth-order valence-corrected chi connectivity index (χ4v) is 2.40. The molecule has 0 radical (unpaired) electrons. The Morgan fingerprint density at radius 1 is 1.21 bits per heavy atom. The molecule has 1 rings (SSSR count). The zero-order chi connectivity index (χ0) is 10.4. The van der Waals surface area contributed by atoms with E-state index in [2.05, 4.69) is 24.8 Å². The summed E-state index contributed by atoms with van der Waals surface area (Å²) in [6, 6.07) is 3.47. The molecule has 0 unspecified atom stereocenters. The Hall–Kier alpha value is -0.550. The number of hydrogen-bond acceptors (Lipinski definition) is 2. The Labute approximate surface area is 87.9 Å². The first-order valence-corrected chi connectivity index (χ1v) is 5.88. The highest BCUT2D eigenvalue weighted by Gasteiger charge is 2.21. The van der Waals surface area contributed by atoms with Gasteiger partial charge in [-0.15, -0.1) is 0 Å². The van der Waals surface area contributed by atoms with Crippen LogP contribution in [0.5, 0.6) is 0 Å². The van der Waals surface area contributed by atoms with E-state index in [1.54, 1.807) is 0 Å². The standard InChI is InChI=1S/C12H22N2/c1-11(2)14(10-9-13)12-7-5-3-4-6-8-12/h11-12H,3-8,10H2,1-2H3. The van der Waals surface area contributed by atoms with Gasteiger partial charge in [0.1, 0.15) is 0 Å². The van der Waals surface area contributed by atoms with Crippen molar-refractivity contribution in [3.05, 3.63) is 0 Å². The van der Waals surface area contributed by atoms with Crippen molar-refractivity contribution in [1.82, 2.24) is 4.90 Å². The zero-order valence-corrected chi connectivity index (χ0v) is 9.50. The van der Waals surface area contributed by atoms with Crippen LogP contribution in [0.15, 0.2) is 0 Å². The third-order valence-corrected chi connectivity index (χ3v) is 3.21. The molecule has 1 aliphatic carbocycles. The lowest BCUT2D eigenvalue weighted by Gasteiger charge is -2.32. The van der Waals surface area contributed by atoms with E-state index in [4.69, 9.17) is 5.26 Å². The average molecular weight is 194 g/mol. The highest BCUT2D eigenvalue weighted by Crippen LogP contribution is 2.23. The molecule has 1 aliphatic rings. The molecular formula is C12H22N2. The van der Waals surface area contributed by atoms with Crippen LogP contribution >= 0.6 is 0 Å². The normalized spacial score (nSPS) is 19.6. The van der Waals surface area contributed by atoms with Crippen molar-refractivity contribution in [2.45, 2.75) is 64.5 Å². The topological polar surface area (TPSA) is 27.0 Å². The Morgan fingerprint density at radius 3 is 2.21 bits per heavy atom. The first-order chi connectivity index (χ1) is 6.75. The fraction of sp³-hybridized carbons (Fsp3) is 0.917. The molecule has 14 heavy (non-hydrogen) atoms. The van der Waals surface area contributed by atoms with Crippen molar-refractivity contribution in [3.8, 4) is 6.07 Å². The third-order valence-electron chi connectivity index (χ3n) is 3.21. The van der Waals surface area contributed by atoms with E-state index in [0.717, 1.165) is 0 Å². The maximum absolute atomic E-state index is 8.79. The van der Waals surface area contributed by atoms with Crippen LogP contribution in [0, 0.1) is 11.3 Å². The predicted octanol–water partition coefficient (Wildman–Crippen LogP) is 2.94. The SMILES string of the molecule is CC(C)N(CC#N)C1CCCCCC1. The fourth-order valence-electron chi connectivity index (χ4n) is 2.40. The Balaban J connectivity index is 2.52. The van der Waals surface area contributed by atoms with E-state index in [-0.39, 0.29) is 0 Å².